The van der Waals surface area contributed by atoms with Crippen molar-refractivity contribution >= 4 is 17.7 Å². The van der Waals surface area contributed by atoms with Crippen LogP contribution in [-0.2, 0) is 19.1 Å². The number of carbonyl (C=O) groups excluding carboxylic acids is 2. The maximum absolute atomic E-state index is 13.3. The molecule has 0 bridgehead atoms. The third kappa shape index (κ3) is 3.20. The molecule has 0 aliphatic heterocycles. The highest BCUT2D eigenvalue weighted by Gasteiger charge is 2.81. The molecule has 4 saturated carbocycles. The lowest BCUT2D eigenvalue weighted by atomic mass is 9.42. The first-order chi connectivity index (χ1) is 16.4. The third-order valence-electron chi connectivity index (χ3n) is 12.2. The van der Waals surface area contributed by atoms with Gasteiger partial charge in [-0.2, -0.15) is 0 Å². The van der Waals surface area contributed by atoms with E-state index in [1.54, 1.807) is 0 Å². The number of carboxylic acids is 1. The minimum atomic E-state index is -1.04. The number of aliphatic carboxylic acids is 1. The lowest BCUT2D eigenvalue weighted by Crippen LogP contribution is -2.59. The Morgan fingerprint density at radius 1 is 1.00 bits per heavy atom. The predicted molar refractivity (Wildman–Crippen MR) is 133 cm³/mol. The second kappa shape index (κ2) is 7.90. The molecule has 4 fully saturated rings. The quantitative estimate of drug-likeness (QED) is 0.498. The average Bonchev–Trinajstić information content (AvgIpc) is 3.38. The van der Waals surface area contributed by atoms with Crippen LogP contribution in [-0.4, -0.2) is 42.5 Å². The van der Waals surface area contributed by atoms with Gasteiger partial charge in [0.25, 0.3) is 0 Å². The first kappa shape index (κ1) is 25.0. The summed E-state index contributed by atoms with van der Waals surface area (Å²) in [7, 11) is 2.12. The fourth-order valence-corrected chi connectivity index (χ4v) is 10.3. The highest BCUT2D eigenvalue weighted by Crippen LogP contribution is 2.88. The molecule has 35 heavy (non-hydrogen) atoms. The first-order valence-electron chi connectivity index (χ1n) is 13.7. The Morgan fingerprint density at radius 2 is 1.69 bits per heavy atom. The fourth-order valence-electron chi connectivity index (χ4n) is 10.3. The maximum atomic E-state index is 13.3. The van der Waals surface area contributed by atoms with Gasteiger partial charge in [-0.3, -0.25) is 14.4 Å². The van der Waals surface area contributed by atoms with Crippen molar-refractivity contribution < 1.29 is 24.2 Å². The predicted octanol–water partition coefficient (Wildman–Crippen LogP) is 4.91. The van der Waals surface area contributed by atoms with E-state index in [1.165, 1.54) is 38.5 Å². The summed E-state index contributed by atoms with van der Waals surface area (Å²) in [6.45, 7) is 9.42. The minimum absolute atomic E-state index is 0.0576. The van der Waals surface area contributed by atoms with Crippen molar-refractivity contribution in [1.29, 1.82) is 0 Å². The topological polar surface area (TPSA) is 92.7 Å². The molecule has 5 aliphatic rings. The molecule has 2 spiro atoms. The summed E-state index contributed by atoms with van der Waals surface area (Å²) in [5.74, 6) is -0.363. The van der Waals surface area contributed by atoms with E-state index in [2.05, 4.69) is 46.1 Å². The van der Waals surface area contributed by atoms with Crippen LogP contribution in [0.3, 0.4) is 0 Å². The van der Waals surface area contributed by atoms with E-state index in [9.17, 15) is 14.4 Å². The van der Waals surface area contributed by atoms with Crippen LogP contribution in [0.2, 0.25) is 0 Å². The van der Waals surface area contributed by atoms with Gasteiger partial charge >= 0.3 is 11.9 Å². The van der Waals surface area contributed by atoms with Crippen molar-refractivity contribution in [2.24, 2.45) is 38.9 Å². The number of nitrogens with one attached hydrogen (secondary N) is 1. The van der Waals surface area contributed by atoms with E-state index in [0.717, 1.165) is 24.3 Å². The average molecular weight is 486 g/mol. The van der Waals surface area contributed by atoms with Gasteiger partial charge in [0.1, 0.15) is 0 Å². The molecule has 0 aromatic rings. The van der Waals surface area contributed by atoms with Gasteiger partial charge in [-0.1, -0.05) is 33.8 Å². The molecule has 194 valence electrons. The van der Waals surface area contributed by atoms with E-state index >= 15 is 0 Å². The monoisotopic (exact) mass is 485 g/mol. The molecule has 0 amide bonds. The minimum Gasteiger partial charge on any atom is -0.481 e. The highest BCUT2D eigenvalue weighted by atomic mass is 16.5. The van der Waals surface area contributed by atoms with Gasteiger partial charge in [-0.05, 0) is 91.9 Å². The van der Waals surface area contributed by atoms with Crippen LogP contribution in [0.25, 0.3) is 0 Å². The second-order valence-electron chi connectivity index (χ2n) is 13.4. The number of rotatable bonds is 7. The zero-order chi connectivity index (χ0) is 25.4. The number of carbonyl (C=O) groups is 3. The van der Waals surface area contributed by atoms with E-state index in [-0.39, 0.29) is 36.1 Å². The second-order valence-corrected chi connectivity index (χ2v) is 13.4. The van der Waals surface area contributed by atoms with Gasteiger partial charge in [0.15, 0.2) is 12.4 Å². The lowest BCUT2D eigenvalue weighted by molar-refractivity contribution is -0.151. The number of esters is 1. The summed E-state index contributed by atoms with van der Waals surface area (Å²) < 4.78 is 5.17. The van der Waals surface area contributed by atoms with Crippen LogP contribution >= 0.6 is 0 Å². The van der Waals surface area contributed by atoms with Gasteiger partial charge < -0.3 is 15.2 Å². The molecule has 0 aromatic heterocycles. The molecule has 7 atom stereocenters. The number of fused-ring (bicyclic) bond motifs is 2. The summed E-state index contributed by atoms with van der Waals surface area (Å²) in [6, 6.07) is 0.590. The van der Waals surface area contributed by atoms with Gasteiger partial charge in [0, 0.05) is 17.0 Å². The molecule has 0 heterocycles. The number of ether oxygens (including phenoxy) is 1. The zero-order valence-corrected chi connectivity index (χ0v) is 22.2. The molecule has 0 unspecified atom stereocenters. The summed E-state index contributed by atoms with van der Waals surface area (Å²) in [4.78, 5) is 35.8. The van der Waals surface area contributed by atoms with Crippen LogP contribution in [0.4, 0.5) is 0 Å². The van der Waals surface area contributed by atoms with Gasteiger partial charge in [-0.25, -0.2) is 0 Å². The largest absolute Gasteiger partial charge is 0.481 e. The maximum Gasteiger partial charge on any atom is 0.306 e. The number of allylic oxidation sites excluding steroid dienone is 1. The standard InChI is InChI=1S/C29H43NO5/c1-25(2)20-6-7-21-27(4)12-10-18(19(31)16-35-24(34)9-8-23(32)33)26(27,3)14-15-29(21)17-28(20,29)13-11-22(25)30-5/h10,20-22,30H,6-9,11-17H2,1-5H3,(H,32,33)/t20-,21-,22-,26+,27-,28+,29-/m0/s1. The number of hydrogen-bond donors (Lipinski definition) is 2. The molecule has 5 rings (SSSR count). The van der Waals surface area contributed by atoms with Gasteiger partial charge in [0.2, 0.25) is 0 Å². The highest BCUT2D eigenvalue weighted by molar-refractivity contribution is 5.99. The molecule has 6 heteroatoms. The molecule has 0 radical (unpaired) electrons. The summed E-state index contributed by atoms with van der Waals surface area (Å²) >= 11 is 0. The Bertz CT molecular complexity index is 986. The van der Waals surface area contributed by atoms with Crippen molar-refractivity contribution in [2.75, 3.05) is 13.7 Å². The van der Waals surface area contributed by atoms with Crippen molar-refractivity contribution in [2.45, 2.75) is 97.9 Å². The van der Waals surface area contributed by atoms with E-state index < -0.39 is 11.9 Å². The van der Waals surface area contributed by atoms with Gasteiger partial charge in [-0.15, -0.1) is 0 Å². The van der Waals surface area contributed by atoms with E-state index in [4.69, 9.17) is 9.84 Å². The van der Waals surface area contributed by atoms with Crippen LogP contribution in [0.15, 0.2) is 11.6 Å². The Kier molecular flexibility index (Phi) is 5.64. The van der Waals surface area contributed by atoms with E-state index in [0.29, 0.717) is 28.2 Å². The molecule has 6 nitrogen and oxygen atoms in total. The third-order valence-corrected chi connectivity index (χ3v) is 12.2. The molecule has 0 saturated heterocycles. The summed E-state index contributed by atoms with van der Waals surface area (Å²) in [6.07, 6.45) is 11.3. The van der Waals surface area contributed by atoms with Gasteiger partial charge in [0.05, 0.1) is 12.8 Å². The molecule has 5 aliphatic carbocycles. The zero-order valence-electron chi connectivity index (χ0n) is 22.2. The number of carboxylic acid groups (broad SMARTS) is 1. The fraction of sp³-hybridized carbons (Fsp3) is 0.828. The van der Waals surface area contributed by atoms with E-state index in [1.807, 2.05) is 0 Å². The van der Waals surface area contributed by atoms with Crippen molar-refractivity contribution in [3.8, 4) is 0 Å². The molecular weight excluding hydrogens is 442 g/mol. The summed E-state index contributed by atoms with van der Waals surface area (Å²) in [5.41, 5.74) is 1.92. The van der Waals surface area contributed by atoms with Crippen LogP contribution < -0.4 is 5.32 Å². The van der Waals surface area contributed by atoms with Crippen molar-refractivity contribution in [1.82, 2.24) is 5.32 Å². The van der Waals surface area contributed by atoms with Crippen LogP contribution in [0.1, 0.15) is 91.9 Å². The number of Topliss-reactive ketones (excluding diaryl/α,β-unsaturated/α-hetero) is 1. The number of hydrogen-bond acceptors (Lipinski definition) is 5. The first-order valence-corrected chi connectivity index (χ1v) is 13.7. The normalized spacial score (nSPS) is 44.7. The van der Waals surface area contributed by atoms with Crippen molar-refractivity contribution in [3.05, 3.63) is 11.6 Å². The molecule has 2 N–H and O–H groups in total. The van der Waals surface area contributed by atoms with Crippen LogP contribution in [0, 0.1) is 38.9 Å². The Hall–Kier alpha value is -1.69. The lowest BCUT2D eigenvalue weighted by Gasteiger charge is -2.63. The summed E-state index contributed by atoms with van der Waals surface area (Å²) in [5, 5.41) is 12.4. The molecular formula is C29H43NO5. The Morgan fingerprint density at radius 3 is 2.37 bits per heavy atom. The smallest absolute Gasteiger partial charge is 0.306 e. The molecule has 0 aromatic carbocycles. The SMILES string of the molecule is CN[C@H]1CC[C@]23C[C@]24CC[C@]2(C)C(C(=O)COC(=O)CCC(=O)O)=CC[C@@]2(C)[C@@H]4CC[C@H]3C1(C)C. The van der Waals surface area contributed by atoms with Crippen LogP contribution in [0.5, 0.6) is 0 Å². The van der Waals surface area contributed by atoms with Crippen molar-refractivity contribution in [3.63, 3.8) is 0 Å². The Labute approximate surface area is 209 Å². The number of ketones is 1. The Balaban J connectivity index is 1.33.